The summed E-state index contributed by atoms with van der Waals surface area (Å²) in [6.45, 7) is 5.99. The van der Waals surface area contributed by atoms with Crippen LogP contribution < -0.4 is 0 Å². The first kappa shape index (κ1) is 12.7. The first-order valence-electron chi connectivity index (χ1n) is 4.48. The summed E-state index contributed by atoms with van der Waals surface area (Å²) in [5.41, 5.74) is 0. The number of carbonyl (C=O) groups is 2. The lowest BCUT2D eigenvalue weighted by molar-refractivity contribution is -0.152. The summed E-state index contributed by atoms with van der Waals surface area (Å²) in [4.78, 5) is 20.7. The topological polar surface area (TPSA) is 61.8 Å². The molecule has 0 aromatic rings. The predicted octanol–water partition coefficient (Wildman–Crippen LogP) is 1.70. The molecule has 0 rings (SSSR count). The van der Waals surface area contributed by atoms with E-state index in [2.05, 4.69) is 9.47 Å². The van der Waals surface area contributed by atoms with Crippen molar-refractivity contribution in [3.05, 3.63) is 0 Å². The van der Waals surface area contributed by atoms with Crippen LogP contribution in [0.2, 0.25) is 0 Å². The predicted molar refractivity (Wildman–Crippen MR) is 48.5 cm³/mol. The molecular formula is C9H16O5. The minimum atomic E-state index is -0.904. The van der Waals surface area contributed by atoms with Gasteiger partial charge in [-0.1, -0.05) is 13.8 Å². The molecule has 0 saturated heterocycles. The van der Waals surface area contributed by atoms with E-state index in [1.807, 2.05) is 13.8 Å². The number of hydrogen-bond donors (Lipinski definition) is 0. The molecule has 0 aliphatic heterocycles. The maximum absolute atomic E-state index is 10.9. The third-order valence-corrected chi connectivity index (χ3v) is 1.42. The van der Waals surface area contributed by atoms with Gasteiger partial charge < -0.3 is 14.2 Å². The molecule has 14 heavy (non-hydrogen) atoms. The Kier molecular flexibility index (Phi) is 6.53. The Morgan fingerprint density at radius 3 is 2.50 bits per heavy atom. The molecule has 0 heterocycles. The second-order valence-electron chi connectivity index (χ2n) is 3.20. The molecule has 0 aliphatic carbocycles. The third kappa shape index (κ3) is 7.39. The van der Waals surface area contributed by atoms with Crippen LogP contribution in [0.25, 0.3) is 0 Å². The molecule has 0 fully saturated rings. The van der Waals surface area contributed by atoms with Crippen molar-refractivity contribution in [3.63, 3.8) is 0 Å². The molecule has 0 aromatic heterocycles. The molecule has 5 nitrogen and oxygen atoms in total. The van der Waals surface area contributed by atoms with Gasteiger partial charge in [0.1, 0.15) is 0 Å². The lowest BCUT2D eigenvalue weighted by atomic mass is 10.1. The molecule has 0 spiro atoms. The minimum absolute atomic E-state index is 0.214. The van der Waals surface area contributed by atoms with Crippen molar-refractivity contribution in [2.24, 2.45) is 5.92 Å². The minimum Gasteiger partial charge on any atom is -0.434 e. The maximum atomic E-state index is 10.9. The Balaban J connectivity index is 3.49. The average Bonchev–Trinajstić information content (AvgIpc) is 2.03. The first-order valence-corrected chi connectivity index (χ1v) is 4.48. The third-order valence-electron chi connectivity index (χ3n) is 1.42. The van der Waals surface area contributed by atoms with Crippen LogP contribution >= 0.6 is 0 Å². The van der Waals surface area contributed by atoms with Gasteiger partial charge >= 0.3 is 6.16 Å². The highest BCUT2D eigenvalue weighted by atomic mass is 16.8. The van der Waals surface area contributed by atoms with Crippen molar-refractivity contribution < 1.29 is 23.8 Å². The molecule has 0 amide bonds. The van der Waals surface area contributed by atoms with E-state index in [0.717, 1.165) is 6.42 Å². The largest absolute Gasteiger partial charge is 0.511 e. The van der Waals surface area contributed by atoms with Crippen LogP contribution in [0, 0.1) is 5.92 Å². The lowest BCUT2D eigenvalue weighted by Gasteiger charge is -2.11. The summed E-state index contributed by atoms with van der Waals surface area (Å²) in [6, 6.07) is 0. The summed E-state index contributed by atoms with van der Waals surface area (Å²) in [5.74, 6) is 0.464. The molecule has 0 aromatic carbocycles. The Labute approximate surface area is 83.3 Å². The van der Waals surface area contributed by atoms with Crippen molar-refractivity contribution >= 4 is 12.6 Å². The zero-order valence-corrected chi connectivity index (χ0v) is 8.69. The molecule has 0 radical (unpaired) electrons. The summed E-state index contributed by atoms with van der Waals surface area (Å²) < 4.78 is 13.6. The van der Waals surface area contributed by atoms with Gasteiger partial charge in [-0.25, -0.2) is 4.79 Å². The highest BCUT2D eigenvalue weighted by molar-refractivity contribution is 5.60. The zero-order valence-electron chi connectivity index (χ0n) is 8.69. The molecule has 82 valence electrons. The molecule has 1 unspecified atom stereocenters. The van der Waals surface area contributed by atoms with Crippen molar-refractivity contribution in [2.45, 2.75) is 33.5 Å². The molecule has 0 aliphatic rings. The number of hydrogen-bond acceptors (Lipinski definition) is 5. The number of rotatable bonds is 6. The van der Waals surface area contributed by atoms with E-state index >= 15 is 0 Å². The van der Waals surface area contributed by atoms with Crippen LogP contribution in [0.1, 0.15) is 27.2 Å². The highest BCUT2D eigenvalue weighted by Crippen LogP contribution is 2.01. The fourth-order valence-corrected chi connectivity index (χ4v) is 0.654. The molecule has 0 saturated carbocycles. The number of carbonyl (C=O) groups excluding carboxylic acids is 2. The first-order chi connectivity index (χ1) is 6.56. The Hall–Kier alpha value is -1.26. The summed E-state index contributed by atoms with van der Waals surface area (Å²) in [7, 11) is 0. The molecule has 0 bridgehead atoms. The smallest absolute Gasteiger partial charge is 0.434 e. The highest BCUT2D eigenvalue weighted by Gasteiger charge is 2.10. The molecule has 1 atom stereocenters. The van der Waals surface area contributed by atoms with E-state index in [1.165, 1.54) is 6.92 Å². The van der Waals surface area contributed by atoms with Crippen LogP contribution in [0.3, 0.4) is 0 Å². The normalized spacial score (nSPS) is 12.0. The lowest BCUT2D eigenvalue weighted by Crippen LogP contribution is -2.19. The van der Waals surface area contributed by atoms with Gasteiger partial charge in [-0.3, -0.25) is 4.79 Å². The van der Waals surface area contributed by atoms with Gasteiger partial charge in [0, 0.05) is 6.92 Å². The summed E-state index contributed by atoms with van der Waals surface area (Å²) in [6.07, 6.45) is -0.947. The van der Waals surface area contributed by atoms with E-state index < -0.39 is 12.4 Å². The SMILES string of the molecule is CC(C)CCOC(=O)OC(C)OC=O. The van der Waals surface area contributed by atoms with Gasteiger partial charge in [-0.15, -0.1) is 0 Å². The maximum Gasteiger partial charge on any atom is 0.511 e. The van der Waals surface area contributed by atoms with E-state index in [4.69, 9.17) is 4.74 Å². The van der Waals surface area contributed by atoms with Gasteiger partial charge in [0.05, 0.1) is 6.61 Å². The van der Waals surface area contributed by atoms with E-state index in [9.17, 15) is 9.59 Å². The summed E-state index contributed by atoms with van der Waals surface area (Å²) >= 11 is 0. The second-order valence-corrected chi connectivity index (χ2v) is 3.20. The van der Waals surface area contributed by atoms with Gasteiger partial charge in [-0.2, -0.15) is 0 Å². The Morgan fingerprint density at radius 1 is 1.36 bits per heavy atom. The fourth-order valence-electron chi connectivity index (χ4n) is 0.654. The van der Waals surface area contributed by atoms with E-state index in [1.54, 1.807) is 0 Å². The standard InChI is InChI=1S/C9H16O5/c1-7(2)4-5-12-9(11)14-8(3)13-6-10/h6-8H,4-5H2,1-3H3. The Bertz CT molecular complexity index is 178. The fraction of sp³-hybridized carbons (Fsp3) is 0.778. The van der Waals surface area contributed by atoms with Gasteiger partial charge in [0.2, 0.25) is 6.29 Å². The quantitative estimate of drug-likeness (QED) is 0.374. The van der Waals surface area contributed by atoms with Crippen LogP contribution in [0.15, 0.2) is 0 Å². The van der Waals surface area contributed by atoms with Crippen molar-refractivity contribution in [1.29, 1.82) is 0 Å². The molecule has 0 N–H and O–H groups in total. The van der Waals surface area contributed by atoms with Crippen LogP contribution in [0.5, 0.6) is 0 Å². The average molecular weight is 204 g/mol. The van der Waals surface area contributed by atoms with Crippen LogP contribution in [-0.2, 0) is 19.0 Å². The zero-order chi connectivity index (χ0) is 11.0. The van der Waals surface area contributed by atoms with Crippen molar-refractivity contribution in [3.8, 4) is 0 Å². The second kappa shape index (κ2) is 7.17. The summed E-state index contributed by atoms with van der Waals surface area (Å²) in [5, 5.41) is 0. The van der Waals surface area contributed by atoms with Gasteiger partial charge in [0.15, 0.2) is 0 Å². The monoisotopic (exact) mass is 204 g/mol. The van der Waals surface area contributed by atoms with Crippen LogP contribution in [-0.4, -0.2) is 25.5 Å². The molecule has 5 heteroatoms. The molecular weight excluding hydrogens is 188 g/mol. The number of ether oxygens (including phenoxy) is 3. The van der Waals surface area contributed by atoms with Crippen molar-refractivity contribution in [2.75, 3.05) is 6.61 Å². The Morgan fingerprint density at radius 2 is 2.00 bits per heavy atom. The van der Waals surface area contributed by atoms with Crippen molar-refractivity contribution in [1.82, 2.24) is 0 Å². The van der Waals surface area contributed by atoms with E-state index in [0.29, 0.717) is 12.5 Å². The van der Waals surface area contributed by atoms with Gasteiger partial charge in [0.25, 0.3) is 6.47 Å². The van der Waals surface area contributed by atoms with Gasteiger partial charge in [-0.05, 0) is 12.3 Å². The van der Waals surface area contributed by atoms with Crippen LogP contribution in [0.4, 0.5) is 4.79 Å². The van der Waals surface area contributed by atoms with E-state index in [-0.39, 0.29) is 6.47 Å².